The van der Waals surface area contributed by atoms with Gasteiger partial charge in [-0.15, -0.1) is 0 Å². The van der Waals surface area contributed by atoms with Gasteiger partial charge >= 0.3 is 5.97 Å². The van der Waals surface area contributed by atoms with Crippen LogP contribution in [0.15, 0.2) is 30.6 Å². The van der Waals surface area contributed by atoms with E-state index < -0.39 is 5.97 Å². The highest BCUT2D eigenvalue weighted by Gasteiger charge is 2.29. The number of hydrogen-bond donors (Lipinski definition) is 4. The van der Waals surface area contributed by atoms with Crippen molar-refractivity contribution in [2.45, 2.75) is 6.54 Å². The minimum atomic E-state index is -1.02. The molecule has 0 bridgehead atoms. The summed E-state index contributed by atoms with van der Waals surface area (Å²) in [6.45, 7) is 0.634. The van der Waals surface area contributed by atoms with Gasteiger partial charge in [-0.05, 0) is 12.1 Å². The Bertz CT molecular complexity index is 833. The number of rotatable bonds is 1. The number of H-pyrrole nitrogens is 1. The second-order valence-corrected chi connectivity index (χ2v) is 5.01. The van der Waals surface area contributed by atoms with Gasteiger partial charge in [-0.25, -0.2) is 4.79 Å². The first-order chi connectivity index (χ1) is 10.1. The van der Waals surface area contributed by atoms with E-state index in [0.29, 0.717) is 17.8 Å². The molecule has 1 aromatic heterocycles. The summed E-state index contributed by atoms with van der Waals surface area (Å²) >= 11 is 0. The standard InChI is InChI=1S/C15H11N3O3/c19-14-10-5-17-12-6-16-4-9(13(10)12)8-2-1-7(15(20)21)3-11(8)18-14/h1-5,16-17H,6H2,(H,18,19)(H,20,21). The van der Waals surface area contributed by atoms with Gasteiger partial charge in [0, 0.05) is 40.5 Å². The second kappa shape index (κ2) is 3.99. The van der Waals surface area contributed by atoms with Gasteiger partial charge in [0.15, 0.2) is 0 Å². The van der Waals surface area contributed by atoms with E-state index >= 15 is 0 Å². The summed E-state index contributed by atoms with van der Waals surface area (Å²) in [7, 11) is 0. The molecule has 0 aliphatic carbocycles. The number of carboxylic acid groups (broad SMARTS) is 1. The fourth-order valence-corrected chi connectivity index (χ4v) is 2.84. The third-order valence-corrected chi connectivity index (χ3v) is 3.81. The summed E-state index contributed by atoms with van der Waals surface area (Å²) in [4.78, 5) is 26.5. The SMILES string of the molecule is O=C(O)c1ccc2c(c1)NC(=O)c1c[nH]c3c1C2=CNC3. The summed E-state index contributed by atoms with van der Waals surface area (Å²) in [5.74, 6) is -1.25. The minimum Gasteiger partial charge on any atom is -0.478 e. The zero-order chi connectivity index (χ0) is 14.6. The zero-order valence-electron chi connectivity index (χ0n) is 10.9. The number of aromatic nitrogens is 1. The molecule has 1 aromatic carbocycles. The lowest BCUT2D eigenvalue weighted by atomic mass is 9.93. The molecule has 3 heterocycles. The van der Waals surface area contributed by atoms with Crippen molar-refractivity contribution in [2.75, 3.05) is 5.32 Å². The van der Waals surface area contributed by atoms with Gasteiger partial charge in [0.1, 0.15) is 0 Å². The van der Waals surface area contributed by atoms with Gasteiger partial charge in [0.05, 0.1) is 17.7 Å². The van der Waals surface area contributed by atoms with Crippen LogP contribution in [0.25, 0.3) is 5.57 Å². The molecule has 0 unspecified atom stereocenters. The molecule has 0 atom stereocenters. The molecule has 21 heavy (non-hydrogen) atoms. The number of benzene rings is 1. The number of aromatic carboxylic acids is 1. The third-order valence-electron chi connectivity index (χ3n) is 3.81. The molecule has 0 radical (unpaired) electrons. The second-order valence-electron chi connectivity index (χ2n) is 5.01. The Balaban J connectivity index is 1.99. The Morgan fingerprint density at radius 3 is 2.90 bits per heavy atom. The van der Waals surface area contributed by atoms with Gasteiger partial charge in [0.25, 0.3) is 5.91 Å². The van der Waals surface area contributed by atoms with Crippen LogP contribution < -0.4 is 10.6 Å². The van der Waals surface area contributed by atoms with Gasteiger partial charge < -0.3 is 20.7 Å². The van der Waals surface area contributed by atoms with Gasteiger partial charge in [-0.3, -0.25) is 4.79 Å². The molecule has 104 valence electrons. The fraction of sp³-hybridized carbons (Fsp3) is 0.0667. The van der Waals surface area contributed by atoms with E-state index in [0.717, 1.165) is 22.4 Å². The van der Waals surface area contributed by atoms with E-state index in [1.54, 1.807) is 18.3 Å². The number of amides is 1. The smallest absolute Gasteiger partial charge is 0.335 e. The highest BCUT2D eigenvalue weighted by molar-refractivity contribution is 6.13. The fourth-order valence-electron chi connectivity index (χ4n) is 2.84. The average Bonchev–Trinajstić information content (AvgIpc) is 2.86. The molecular weight excluding hydrogens is 270 g/mol. The summed E-state index contributed by atoms with van der Waals surface area (Å²) in [6, 6.07) is 4.75. The Hall–Kier alpha value is -3.02. The summed E-state index contributed by atoms with van der Waals surface area (Å²) in [5.41, 5.74) is 4.76. The molecule has 0 spiro atoms. The van der Waals surface area contributed by atoms with E-state index in [1.165, 1.54) is 6.07 Å². The van der Waals surface area contributed by atoms with Crippen LogP contribution in [-0.4, -0.2) is 22.0 Å². The van der Waals surface area contributed by atoms with Crippen molar-refractivity contribution in [2.24, 2.45) is 0 Å². The lowest BCUT2D eigenvalue weighted by Gasteiger charge is -2.16. The Kier molecular flexibility index (Phi) is 2.24. The molecule has 2 aromatic rings. The molecule has 2 aliphatic rings. The van der Waals surface area contributed by atoms with E-state index in [4.69, 9.17) is 5.11 Å². The van der Waals surface area contributed by atoms with Crippen LogP contribution in [-0.2, 0) is 6.54 Å². The number of aromatic amines is 1. The minimum absolute atomic E-state index is 0.145. The highest BCUT2D eigenvalue weighted by Crippen LogP contribution is 2.38. The molecule has 4 N–H and O–H groups in total. The van der Waals surface area contributed by atoms with Crippen molar-refractivity contribution >= 4 is 23.1 Å². The molecule has 6 nitrogen and oxygen atoms in total. The first-order valence-corrected chi connectivity index (χ1v) is 6.48. The van der Waals surface area contributed by atoms with Crippen molar-refractivity contribution in [3.05, 3.63) is 58.5 Å². The summed E-state index contributed by atoms with van der Waals surface area (Å²) in [6.07, 6.45) is 3.55. The van der Waals surface area contributed by atoms with Crippen LogP contribution in [0.5, 0.6) is 0 Å². The van der Waals surface area contributed by atoms with Crippen LogP contribution in [0, 0.1) is 0 Å². The molecule has 4 rings (SSSR count). The third kappa shape index (κ3) is 1.59. The molecule has 1 amide bonds. The highest BCUT2D eigenvalue weighted by atomic mass is 16.4. The largest absolute Gasteiger partial charge is 0.478 e. The van der Waals surface area contributed by atoms with Crippen LogP contribution in [0.3, 0.4) is 0 Å². The molecule has 0 saturated heterocycles. The molecule has 0 saturated carbocycles. The van der Waals surface area contributed by atoms with Crippen molar-refractivity contribution in [3.8, 4) is 0 Å². The Morgan fingerprint density at radius 2 is 2.10 bits per heavy atom. The predicted octanol–water partition coefficient (Wildman–Crippen LogP) is 1.77. The van der Waals surface area contributed by atoms with Crippen LogP contribution in [0.1, 0.15) is 37.5 Å². The lowest BCUT2D eigenvalue weighted by Crippen LogP contribution is -2.14. The Labute approximate surface area is 119 Å². The number of fused-ring (bicyclic) bond motifs is 2. The van der Waals surface area contributed by atoms with E-state index in [2.05, 4.69) is 15.6 Å². The predicted molar refractivity (Wildman–Crippen MR) is 76.1 cm³/mol. The monoisotopic (exact) mass is 281 g/mol. The molecule has 0 fully saturated rings. The summed E-state index contributed by atoms with van der Waals surface area (Å²) < 4.78 is 0. The average molecular weight is 281 g/mol. The van der Waals surface area contributed by atoms with Crippen molar-refractivity contribution in [1.29, 1.82) is 0 Å². The van der Waals surface area contributed by atoms with Crippen LogP contribution >= 0.6 is 0 Å². The van der Waals surface area contributed by atoms with Crippen LogP contribution in [0.4, 0.5) is 5.69 Å². The Morgan fingerprint density at radius 1 is 1.24 bits per heavy atom. The maximum atomic E-state index is 12.3. The van der Waals surface area contributed by atoms with Gasteiger partial charge in [-0.1, -0.05) is 6.07 Å². The lowest BCUT2D eigenvalue weighted by molar-refractivity contribution is 0.0696. The number of carbonyl (C=O) groups excluding carboxylic acids is 1. The number of nitrogens with one attached hydrogen (secondary N) is 3. The number of anilines is 1. The van der Waals surface area contributed by atoms with Gasteiger partial charge in [-0.2, -0.15) is 0 Å². The van der Waals surface area contributed by atoms with E-state index in [1.807, 2.05) is 6.20 Å². The van der Waals surface area contributed by atoms with E-state index in [9.17, 15) is 9.59 Å². The molecular formula is C15H11N3O3. The number of carboxylic acids is 1. The van der Waals surface area contributed by atoms with E-state index in [-0.39, 0.29) is 11.5 Å². The van der Waals surface area contributed by atoms with Crippen molar-refractivity contribution in [1.82, 2.24) is 10.3 Å². The maximum Gasteiger partial charge on any atom is 0.335 e. The quantitative estimate of drug-likeness (QED) is 0.640. The van der Waals surface area contributed by atoms with Crippen LogP contribution in [0.2, 0.25) is 0 Å². The molecule has 2 aliphatic heterocycles. The number of carbonyl (C=O) groups is 2. The van der Waals surface area contributed by atoms with Crippen molar-refractivity contribution in [3.63, 3.8) is 0 Å². The molecule has 6 heteroatoms. The summed E-state index contributed by atoms with van der Waals surface area (Å²) in [5, 5.41) is 15.0. The van der Waals surface area contributed by atoms with Crippen molar-refractivity contribution < 1.29 is 14.7 Å². The zero-order valence-corrected chi connectivity index (χ0v) is 10.9. The number of hydrogen-bond acceptors (Lipinski definition) is 3. The maximum absolute atomic E-state index is 12.3. The first-order valence-electron chi connectivity index (χ1n) is 6.48. The topological polar surface area (TPSA) is 94.2 Å². The normalized spacial score (nSPS) is 15.0. The first kappa shape index (κ1) is 11.8. The van der Waals surface area contributed by atoms with Gasteiger partial charge in [0.2, 0.25) is 0 Å².